The molecule has 0 bridgehead atoms. The number of rotatable bonds is 6. The number of H-pyrrole nitrogens is 1. The number of anilines is 1. The Bertz CT molecular complexity index is 852. The van der Waals surface area contributed by atoms with Gasteiger partial charge in [-0.05, 0) is 56.4 Å². The molecule has 1 unspecified atom stereocenters. The molecule has 0 saturated carbocycles. The minimum atomic E-state index is -0.0624. The number of carbonyl (C=O) groups is 2. The Labute approximate surface area is 169 Å². The van der Waals surface area contributed by atoms with E-state index in [9.17, 15) is 9.59 Å². The number of carbonyl (C=O) groups excluding carboxylic acids is 2. The Hall–Kier alpha value is -2.54. The van der Waals surface area contributed by atoms with Crippen LogP contribution in [-0.2, 0) is 4.79 Å². The number of aryl methyl sites for hydroxylation is 1. The standard InChI is InChI=1S/C20H25ClN4O3/c1-13-10-17(24-23-13)20(27)25-9-3-4-14(12-25)5-8-19(26)22-15-6-7-18(28-2)16(21)11-15/h6-7,10-11,14H,3-5,8-9,12H2,1-2H3,(H,22,26)(H,23,24). The highest BCUT2D eigenvalue weighted by atomic mass is 35.5. The Kier molecular flexibility index (Phi) is 6.57. The summed E-state index contributed by atoms with van der Waals surface area (Å²) in [6, 6.07) is 6.92. The first-order valence-corrected chi connectivity index (χ1v) is 9.78. The molecule has 1 atom stereocenters. The lowest BCUT2D eigenvalue weighted by atomic mass is 9.93. The second-order valence-electron chi connectivity index (χ2n) is 7.13. The van der Waals surface area contributed by atoms with Gasteiger partial charge in [-0.15, -0.1) is 0 Å². The van der Waals surface area contributed by atoms with Crippen molar-refractivity contribution in [2.45, 2.75) is 32.6 Å². The number of hydrogen-bond acceptors (Lipinski definition) is 4. The maximum absolute atomic E-state index is 12.6. The van der Waals surface area contributed by atoms with Gasteiger partial charge in [0.2, 0.25) is 5.91 Å². The van der Waals surface area contributed by atoms with Gasteiger partial charge in [-0.25, -0.2) is 0 Å². The Morgan fingerprint density at radius 2 is 2.21 bits per heavy atom. The normalized spacial score (nSPS) is 16.7. The molecule has 3 rings (SSSR count). The summed E-state index contributed by atoms with van der Waals surface area (Å²) in [6.45, 7) is 3.27. The van der Waals surface area contributed by atoms with Gasteiger partial charge in [-0.3, -0.25) is 14.7 Å². The van der Waals surface area contributed by atoms with Gasteiger partial charge >= 0.3 is 0 Å². The molecule has 1 fully saturated rings. The topological polar surface area (TPSA) is 87.3 Å². The molecule has 0 spiro atoms. The van der Waals surface area contributed by atoms with Crippen molar-refractivity contribution >= 4 is 29.1 Å². The minimum Gasteiger partial charge on any atom is -0.495 e. The summed E-state index contributed by atoms with van der Waals surface area (Å²) in [6.07, 6.45) is 3.09. The number of halogens is 1. The molecule has 2 heterocycles. The van der Waals surface area contributed by atoms with Crippen molar-refractivity contribution in [3.8, 4) is 5.75 Å². The molecule has 1 aromatic heterocycles. The fraction of sp³-hybridized carbons (Fsp3) is 0.450. The van der Waals surface area contributed by atoms with Gasteiger partial charge in [0.1, 0.15) is 11.4 Å². The van der Waals surface area contributed by atoms with Crippen LogP contribution in [-0.4, -0.2) is 47.1 Å². The van der Waals surface area contributed by atoms with Crippen LogP contribution in [0.3, 0.4) is 0 Å². The molecule has 28 heavy (non-hydrogen) atoms. The summed E-state index contributed by atoms with van der Waals surface area (Å²) in [7, 11) is 1.55. The fourth-order valence-electron chi connectivity index (χ4n) is 3.48. The summed E-state index contributed by atoms with van der Waals surface area (Å²) in [4.78, 5) is 26.7. The first kappa shape index (κ1) is 20.2. The number of nitrogens with zero attached hydrogens (tertiary/aromatic N) is 2. The number of hydrogen-bond donors (Lipinski definition) is 2. The summed E-state index contributed by atoms with van der Waals surface area (Å²) < 4.78 is 5.11. The van der Waals surface area contributed by atoms with Gasteiger partial charge in [-0.1, -0.05) is 11.6 Å². The Morgan fingerprint density at radius 1 is 1.39 bits per heavy atom. The smallest absolute Gasteiger partial charge is 0.274 e. The second kappa shape index (κ2) is 9.10. The van der Waals surface area contributed by atoms with E-state index in [0.717, 1.165) is 31.5 Å². The number of piperidine rings is 1. The van der Waals surface area contributed by atoms with Crippen LogP contribution >= 0.6 is 11.6 Å². The molecule has 150 valence electrons. The Morgan fingerprint density at radius 3 is 2.89 bits per heavy atom. The number of aromatic amines is 1. The van der Waals surface area contributed by atoms with Crippen LogP contribution in [0.2, 0.25) is 5.02 Å². The SMILES string of the molecule is COc1ccc(NC(=O)CCC2CCCN(C(=O)c3cc(C)[nH]n3)C2)cc1Cl. The lowest BCUT2D eigenvalue weighted by molar-refractivity contribution is -0.116. The van der Waals surface area contributed by atoms with Crippen molar-refractivity contribution in [1.29, 1.82) is 0 Å². The molecule has 1 aliphatic rings. The average Bonchev–Trinajstić information content (AvgIpc) is 3.12. The molecule has 1 aromatic carbocycles. The first-order valence-electron chi connectivity index (χ1n) is 9.41. The third-order valence-electron chi connectivity index (χ3n) is 4.95. The number of benzene rings is 1. The summed E-state index contributed by atoms with van der Waals surface area (Å²) in [5.41, 5.74) is 1.96. The van der Waals surface area contributed by atoms with E-state index >= 15 is 0 Å². The van der Waals surface area contributed by atoms with Gasteiger partial charge in [0, 0.05) is 30.9 Å². The zero-order valence-corrected chi connectivity index (χ0v) is 16.9. The van der Waals surface area contributed by atoms with Crippen LogP contribution in [0.25, 0.3) is 0 Å². The zero-order chi connectivity index (χ0) is 20.1. The number of amides is 2. The van der Waals surface area contributed by atoms with E-state index < -0.39 is 0 Å². The molecule has 8 heteroatoms. The molecule has 7 nitrogen and oxygen atoms in total. The lowest BCUT2D eigenvalue weighted by Crippen LogP contribution is -2.40. The van der Waals surface area contributed by atoms with E-state index in [1.165, 1.54) is 0 Å². The predicted octanol–water partition coefficient (Wildman–Crippen LogP) is 3.65. The second-order valence-corrected chi connectivity index (χ2v) is 7.54. The summed E-state index contributed by atoms with van der Waals surface area (Å²) in [5.74, 6) is 0.765. The number of nitrogens with one attached hydrogen (secondary N) is 2. The minimum absolute atomic E-state index is 0.0497. The van der Waals surface area contributed by atoms with Crippen molar-refractivity contribution in [3.63, 3.8) is 0 Å². The van der Waals surface area contributed by atoms with Crippen LogP contribution in [0.15, 0.2) is 24.3 Å². The number of ether oxygens (including phenoxy) is 1. The largest absolute Gasteiger partial charge is 0.495 e. The summed E-state index contributed by atoms with van der Waals surface area (Å²) in [5, 5.41) is 10.2. The maximum Gasteiger partial charge on any atom is 0.274 e. The number of likely N-dealkylation sites (tertiary alicyclic amines) is 1. The van der Waals surface area contributed by atoms with Gasteiger partial charge in [0.25, 0.3) is 5.91 Å². The van der Waals surface area contributed by atoms with Crippen LogP contribution in [0.4, 0.5) is 5.69 Å². The third-order valence-corrected chi connectivity index (χ3v) is 5.24. The van der Waals surface area contributed by atoms with E-state index in [4.69, 9.17) is 16.3 Å². The first-order chi connectivity index (χ1) is 13.5. The van der Waals surface area contributed by atoms with E-state index in [-0.39, 0.29) is 11.8 Å². The maximum atomic E-state index is 12.6. The average molecular weight is 405 g/mol. The highest BCUT2D eigenvalue weighted by Crippen LogP contribution is 2.27. The molecule has 0 aliphatic carbocycles. The van der Waals surface area contributed by atoms with Crippen LogP contribution in [0.1, 0.15) is 41.9 Å². The van der Waals surface area contributed by atoms with Gasteiger partial charge in [0.15, 0.2) is 0 Å². The zero-order valence-electron chi connectivity index (χ0n) is 16.1. The number of aromatic nitrogens is 2. The lowest BCUT2D eigenvalue weighted by Gasteiger charge is -2.32. The van der Waals surface area contributed by atoms with Crippen LogP contribution < -0.4 is 10.1 Å². The summed E-state index contributed by atoms with van der Waals surface area (Å²) >= 11 is 6.09. The van der Waals surface area contributed by atoms with Gasteiger partial charge < -0.3 is 15.0 Å². The van der Waals surface area contributed by atoms with Crippen molar-refractivity contribution in [2.24, 2.45) is 5.92 Å². The highest BCUT2D eigenvalue weighted by molar-refractivity contribution is 6.32. The van der Waals surface area contributed by atoms with Crippen molar-refractivity contribution in [3.05, 3.63) is 40.7 Å². The monoisotopic (exact) mass is 404 g/mol. The Balaban J connectivity index is 1.49. The molecule has 2 amide bonds. The van der Waals surface area contributed by atoms with E-state index in [0.29, 0.717) is 41.0 Å². The van der Waals surface area contributed by atoms with Gasteiger partial charge in [0.05, 0.1) is 12.1 Å². The number of methoxy groups -OCH3 is 1. The predicted molar refractivity (Wildman–Crippen MR) is 108 cm³/mol. The quantitative estimate of drug-likeness (QED) is 0.769. The molecule has 0 radical (unpaired) electrons. The van der Waals surface area contributed by atoms with Crippen molar-refractivity contribution < 1.29 is 14.3 Å². The third kappa shape index (κ3) is 5.04. The van der Waals surface area contributed by atoms with Crippen molar-refractivity contribution in [1.82, 2.24) is 15.1 Å². The molecule has 2 N–H and O–H groups in total. The van der Waals surface area contributed by atoms with E-state index in [2.05, 4.69) is 15.5 Å². The molecule has 1 aliphatic heterocycles. The van der Waals surface area contributed by atoms with Gasteiger partial charge in [-0.2, -0.15) is 5.10 Å². The molecular weight excluding hydrogens is 380 g/mol. The fourth-order valence-corrected chi connectivity index (χ4v) is 3.74. The van der Waals surface area contributed by atoms with Crippen LogP contribution in [0.5, 0.6) is 5.75 Å². The molecular formula is C20H25ClN4O3. The van der Waals surface area contributed by atoms with Crippen molar-refractivity contribution in [2.75, 3.05) is 25.5 Å². The van der Waals surface area contributed by atoms with Crippen LogP contribution in [0, 0.1) is 12.8 Å². The van der Waals surface area contributed by atoms with E-state index in [1.54, 1.807) is 31.4 Å². The molecule has 1 saturated heterocycles. The van der Waals surface area contributed by atoms with E-state index in [1.807, 2.05) is 11.8 Å². The highest BCUT2D eigenvalue weighted by Gasteiger charge is 2.26. The molecule has 2 aromatic rings.